The van der Waals surface area contributed by atoms with Crippen molar-refractivity contribution >= 4 is 35.2 Å². The van der Waals surface area contributed by atoms with Gasteiger partial charge in [-0.3, -0.25) is 4.79 Å². The van der Waals surface area contributed by atoms with E-state index in [0.717, 1.165) is 23.1 Å². The second-order valence-electron chi connectivity index (χ2n) is 5.45. The Kier molecular flexibility index (Phi) is 6.82. The summed E-state index contributed by atoms with van der Waals surface area (Å²) in [6.45, 7) is 3.68. The van der Waals surface area contributed by atoms with Gasteiger partial charge in [-0.1, -0.05) is 29.4 Å². The number of nitrogens with zero attached hydrogens (tertiary/aromatic N) is 2. The van der Waals surface area contributed by atoms with Crippen LogP contribution >= 0.6 is 23.4 Å². The van der Waals surface area contributed by atoms with Gasteiger partial charge in [0, 0.05) is 11.4 Å². The Bertz CT molecular complexity index is 811. The minimum Gasteiger partial charge on any atom is -0.495 e. The fourth-order valence-corrected chi connectivity index (χ4v) is 3.27. The number of thioether (sulfide) groups is 1. The summed E-state index contributed by atoms with van der Waals surface area (Å²) in [6, 6.07) is 5.17. The number of aryl methyl sites for hydroxylation is 2. The number of aliphatic carboxylic acids is 1. The number of carbonyl (C=O) groups excluding carboxylic acids is 1. The Morgan fingerprint density at radius 2 is 1.92 bits per heavy atom. The summed E-state index contributed by atoms with van der Waals surface area (Å²) in [5, 5.41) is 12.6. The van der Waals surface area contributed by atoms with E-state index in [4.69, 9.17) is 16.3 Å². The number of hydrogen-bond donors (Lipinski definition) is 2. The van der Waals surface area contributed by atoms with Gasteiger partial charge in [0.2, 0.25) is 5.91 Å². The van der Waals surface area contributed by atoms with Gasteiger partial charge in [-0.15, -0.1) is 0 Å². The maximum atomic E-state index is 12.2. The van der Waals surface area contributed by atoms with Crippen LogP contribution in [0.2, 0.25) is 5.02 Å². The van der Waals surface area contributed by atoms with Gasteiger partial charge < -0.3 is 15.2 Å². The second kappa shape index (κ2) is 8.86. The number of amides is 1. The van der Waals surface area contributed by atoms with Crippen LogP contribution in [-0.4, -0.2) is 39.8 Å². The molecular formula is C17H18ClN3O4S. The Hall–Kier alpha value is -2.32. The normalized spacial score (nSPS) is 11.7. The number of hydrogen-bond acceptors (Lipinski definition) is 6. The lowest BCUT2D eigenvalue weighted by atomic mass is 10.1. The topological polar surface area (TPSA) is 101 Å². The third kappa shape index (κ3) is 5.34. The van der Waals surface area contributed by atoms with E-state index < -0.39 is 17.9 Å². The number of carboxylic acid groups (broad SMARTS) is 1. The molecule has 1 heterocycles. The molecule has 1 unspecified atom stereocenters. The van der Waals surface area contributed by atoms with E-state index in [1.54, 1.807) is 12.1 Å². The molecule has 0 aliphatic rings. The first-order valence-electron chi connectivity index (χ1n) is 7.61. The van der Waals surface area contributed by atoms with Gasteiger partial charge in [-0.25, -0.2) is 14.8 Å². The van der Waals surface area contributed by atoms with E-state index in [1.165, 1.54) is 13.2 Å². The number of rotatable bonds is 7. The Morgan fingerprint density at radius 3 is 2.46 bits per heavy atom. The molecule has 0 fully saturated rings. The fourth-order valence-electron chi connectivity index (χ4n) is 2.24. The van der Waals surface area contributed by atoms with Crippen LogP contribution in [0.4, 0.5) is 0 Å². The van der Waals surface area contributed by atoms with Crippen LogP contribution in [0.5, 0.6) is 5.75 Å². The van der Waals surface area contributed by atoms with E-state index in [0.29, 0.717) is 16.5 Å². The van der Waals surface area contributed by atoms with Crippen LogP contribution < -0.4 is 10.1 Å². The molecule has 0 spiro atoms. The molecule has 1 amide bonds. The fraction of sp³-hybridized carbons (Fsp3) is 0.294. The lowest BCUT2D eigenvalue weighted by Crippen LogP contribution is -2.34. The Labute approximate surface area is 160 Å². The number of benzene rings is 1. The van der Waals surface area contributed by atoms with Gasteiger partial charge in [0.15, 0.2) is 11.2 Å². The molecule has 138 valence electrons. The first-order valence-corrected chi connectivity index (χ1v) is 8.97. The molecule has 1 aromatic carbocycles. The summed E-state index contributed by atoms with van der Waals surface area (Å²) in [7, 11) is 1.46. The molecule has 0 aliphatic carbocycles. The average molecular weight is 396 g/mol. The number of methoxy groups -OCH3 is 1. The van der Waals surface area contributed by atoms with Crippen molar-refractivity contribution in [2.75, 3.05) is 12.9 Å². The number of nitrogens with one attached hydrogen (secondary N) is 1. The molecule has 0 saturated carbocycles. The third-order valence-corrected chi connectivity index (χ3v) is 4.50. The van der Waals surface area contributed by atoms with Crippen LogP contribution in [0.3, 0.4) is 0 Å². The lowest BCUT2D eigenvalue weighted by Gasteiger charge is -2.16. The zero-order valence-corrected chi connectivity index (χ0v) is 16.0. The van der Waals surface area contributed by atoms with Crippen LogP contribution in [0.15, 0.2) is 29.4 Å². The molecule has 2 rings (SSSR count). The predicted molar refractivity (Wildman–Crippen MR) is 98.8 cm³/mol. The second-order valence-corrected chi connectivity index (χ2v) is 6.80. The number of aromatic nitrogens is 2. The average Bonchev–Trinajstić information content (AvgIpc) is 2.56. The van der Waals surface area contributed by atoms with E-state index in [2.05, 4.69) is 15.3 Å². The highest BCUT2D eigenvalue weighted by molar-refractivity contribution is 7.99. The van der Waals surface area contributed by atoms with Gasteiger partial charge in [-0.05, 0) is 37.6 Å². The predicted octanol–water partition coefficient (Wildman–Crippen LogP) is 2.79. The summed E-state index contributed by atoms with van der Waals surface area (Å²) < 4.78 is 5.04. The number of ether oxygens (including phenoxy) is 1. The molecule has 7 nitrogen and oxygen atoms in total. The molecule has 0 aliphatic heterocycles. The van der Waals surface area contributed by atoms with Crippen molar-refractivity contribution < 1.29 is 19.4 Å². The largest absolute Gasteiger partial charge is 0.495 e. The number of carbonyl (C=O) groups is 2. The smallest absolute Gasteiger partial charge is 0.330 e. The van der Waals surface area contributed by atoms with E-state index in [1.807, 2.05) is 19.9 Å². The molecule has 26 heavy (non-hydrogen) atoms. The maximum absolute atomic E-state index is 12.2. The molecule has 9 heteroatoms. The molecule has 0 saturated heterocycles. The van der Waals surface area contributed by atoms with Crippen molar-refractivity contribution in [3.63, 3.8) is 0 Å². The molecule has 1 atom stereocenters. The van der Waals surface area contributed by atoms with Crippen molar-refractivity contribution in [3.8, 4) is 5.75 Å². The molecular weight excluding hydrogens is 378 g/mol. The highest BCUT2D eigenvalue weighted by Crippen LogP contribution is 2.28. The SMILES string of the molecule is COc1ccc(C(NC(=O)CSc2nc(C)cc(C)n2)C(=O)O)cc1Cl. The van der Waals surface area contributed by atoms with Gasteiger partial charge in [0.25, 0.3) is 0 Å². The Morgan fingerprint density at radius 1 is 1.27 bits per heavy atom. The van der Waals surface area contributed by atoms with Crippen LogP contribution in [0, 0.1) is 13.8 Å². The molecule has 1 aromatic heterocycles. The summed E-state index contributed by atoms with van der Waals surface area (Å²) in [6.07, 6.45) is 0. The Balaban J connectivity index is 2.06. The molecule has 2 N–H and O–H groups in total. The highest BCUT2D eigenvalue weighted by Gasteiger charge is 2.23. The standard InChI is InChI=1S/C17H18ClN3O4S/c1-9-6-10(2)20-17(19-9)26-8-14(22)21-15(16(23)24)11-4-5-13(25-3)12(18)7-11/h4-7,15H,8H2,1-3H3,(H,21,22)(H,23,24). The van der Waals surface area contributed by atoms with Crippen molar-refractivity contribution in [1.82, 2.24) is 15.3 Å². The summed E-state index contributed by atoms with van der Waals surface area (Å²) in [5.74, 6) is -1.21. The van der Waals surface area contributed by atoms with E-state index >= 15 is 0 Å². The highest BCUT2D eigenvalue weighted by atomic mass is 35.5. The van der Waals surface area contributed by atoms with E-state index in [-0.39, 0.29) is 10.8 Å². The quantitative estimate of drug-likeness (QED) is 0.549. The van der Waals surface area contributed by atoms with Crippen LogP contribution in [0.25, 0.3) is 0 Å². The summed E-state index contributed by atoms with van der Waals surface area (Å²) in [4.78, 5) is 32.2. The molecule has 0 radical (unpaired) electrons. The number of halogens is 1. The summed E-state index contributed by atoms with van der Waals surface area (Å²) >= 11 is 7.18. The first kappa shape index (κ1) is 20.0. The van der Waals surface area contributed by atoms with Crippen molar-refractivity contribution in [3.05, 3.63) is 46.2 Å². The first-order chi connectivity index (χ1) is 12.3. The maximum Gasteiger partial charge on any atom is 0.330 e. The van der Waals surface area contributed by atoms with Crippen LogP contribution in [0.1, 0.15) is 23.0 Å². The van der Waals surface area contributed by atoms with Crippen LogP contribution in [-0.2, 0) is 9.59 Å². The van der Waals surface area contributed by atoms with Crippen molar-refractivity contribution in [2.24, 2.45) is 0 Å². The zero-order valence-electron chi connectivity index (χ0n) is 14.4. The van der Waals surface area contributed by atoms with E-state index in [9.17, 15) is 14.7 Å². The number of carboxylic acids is 1. The van der Waals surface area contributed by atoms with Gasteiger partial charge in [0.1, 0.15) is 5.75 Å². The minimum atomic E-state index is -1.22. The van der Waals surface area contributed by atoms with Gasteiger partial charge in [-0.2, -0.15) is 0 Å². The van der Waals surface area contributed by atoms with Crippen molar-refractivity contribution in [1.29, 1.82) is 0 Å². The monoisotopic (exact) mass is 395 g/mol. The molecule has 0 bridgehead atoms. The molecule has 2 aromatic rings. The van der Waals surface area contributed by atoms with Gasteiger partial charge in [0.05, 0.1) is 17.9 Å². The summed E-state index contributed by atoms with van der Waals surface area (Å²) in [5.41, 5.74) is 1.96. The minimum absolute atomic E-state index is 0.00341. The van der Waals surface area contributed by atoms with Crippen molar-refractivity contribution in [2.45, 2.75) is 25.0 Å². The van der Waals surface area contributed by atoms with Gasteiger partial charge >= 0.3 is 5.97 Å². The zero-order chi connectivity index (χ0) is 19.3. The lowest BCUT2D eigenvalue weighted by molar-refractivity contribution is -0.141. The third-order valence-electron chi connectivity index (χ3n) is 3.36.